The largest absolute Gasteiger partial charge is 0.381 e. The molecule has 6 nitrogen and oxygen atoms in total. The Hall–Kier alpha value is -2.18. The summed E-state index contributed by atoms with van der Waals surface area (Å²) in [6.07, 6.45) is 0.913. The van der Waals surface area contributed by atoms with E-state index in [4.69, 9.17) is 16.3 Å². The second-order valence-electron chi connectivity index (χ2n) is 5.83. The molecule has 0 radical (unpaired) electrons. The van der Waals surface area contributed by atoms with Crippen LogP contribution in [0.4, 0.5) is 0 Å². The molecule has 2 heterocycles. The molecular weight excluding hydrogens is 330 g/mol. The van der Waals surface area contributed by atoms with Crippen LogP contribution in [0.25, 0.3) is 5.69 Å². The van der Waals surface area contributed by atoms with E-state index in [1.807, 2.05) is 0 Å². The van der Waals surface area contributed by atoms with E-state index in [-0.39, 0.29) is 11.6 Å². The average molecular weight is 348 g/mol. The topological polar surface area (TPSA) is 73.2 Å². The van der Waals surface area contributed by atoms with Gasteiger partial charge in [-0.3, -0.25) is 9.59 Å². The minimum Gasteiger partial charge on any atom is -0.381 e. The van der Waals surface area contributed by atoms with Gasteiger partial charge in [0.15, 0.2) is 5.69 Å². The van der Waals surface area contributed by atoms with Crippen LogP contribution in [0.3, 0.4) is 0 Å². The number of halogens is 1. The van der Waals surface area contributed by atoms with Gasteiger partial charge >= 0.3 is 0 Å². The van der Waals surface area contributed by atoms with Crippen molar-refractivity contribution < 1.29 is 9.53 Å². The molecule has 7 heteroatoms. The molecule has 0 spiro atoms. The van der Waals surface area contributed by atoms with Crippen molar-refractivity contribution >= 4 is 17.5 Å². The van der Waals surface area contributed by atoms with Gasteiger partial charge in [-0.05, 0) is 37.6 Å². The molecule has 0 saturated carbocycles. The van der Waals surface area contributed by atoms with Crippen molar-refractivity contribution in [2.75, 3.05) is 19.8 Å². The van der Waals surface area contributed by atoms with Crippen LogP contribution in [0.5, 0.6) is 0 Å². The second-order valence-corrected chi connectivity index (χ2v) is 6.26. The van der Waals surface area contributed by atoms with Gasteiger partial charge < -0.3 is 10.1 Å². The van der Waals surface area contributed by atoms with E-state index >= 15 is 0 Å². The van der Waals surface area contributed by atoms with Crippen molar-refractivity contribution in [1.82, 2.24) is 15.1 Å². The first-order valence-electron chi connectivity index (χ1n) is 7.77. The van der Waals surface area contributed by atoms with Gasteiger partial charge in [0.05, 0.1) is 12.3 Å². The second kappa shape index (κ2) is 7.15. The standard InChI is InChI=1S/C17H18ClN3O3/c1-11-8-15(22)16(17(23)19-9-12-6-7-24-10-12)20-21(11)14-4-2-13(18)3-5-14/h2-5,8,12H,6-7,9-10H2,1H3,(H,19,23)/t12-/m0/s1. The van der Waals surface area contributed by atoms with E-state index in [9.17, 15) is 9.59 Å². The summed E-state index contributed by atoms with van der Waals surface area (Å²) in [5.74, 6) is -0.174. The molecule has 1 saturated heterocycles. The molecule has 1 N–H and O–H groups in total. The number of ether oxygens (including phenoxy) is 1. The lowest BCUT2D eigenvalue weighted by atomic mass is 10.1. The number of rotatable bonds is 4. The van der Waals surface area contributed by atoms with Gasteiger partial charge in [-0.25, -0.2) is 4.68 Å². The number of aromatic nitrogens is 2. The maximum absolute atomic E-state index is 12.3. The summed E-state index contributed by atoms with van der Waals surface area (Å²) in [6.45, 7) is 3.60. The van der Waals surface area contributed by atoms with E-state index in [0.29, 0.717) is 30.5 Å². The number of nitrogens with zero attached hydrogens (tertiary/aromatic N) is 2. The summed E-state index contributed by atoms with van der Waals surface area (Å²) < 4.78 is 6.84. The third-order valence-corrected chi connectivity index (χ3v) is 4.22. The summed E-state index contributed by atoms with van der Waals surface area (Å²) in [6, 6.07) is 8.44. The van der Waals surface area contributed by atoms with Crippen LogP contribution >= 0.6 is 11.6 Å². The van der Waals surface area contributed by atoms with Crippen LogP contribution in [0.2, 0.25) is 5.02 Å². The van der Waals surface area contributed by atoms with Gasteiger partial charge in [0, 0.05) is 35.9 Å². The smallest absolute Gasteiger partial charge is 0.275 e. The molecular formula is C17H18ClN3O3. The highest BCUT2D eigenvalue weighted by Crippen LogP contribution is 2.14. The summed E-state index contributed by atoms with van der Waals surface area (Å²) in [5.41, 5.74) is 0.866. The Morgan fingerprint density at radius 1 is 1.42 bits per heavy atom. The normalized spacial score (nSPS) is 17.0. The molecule has 1 atom stereocenters. The molecule has 1 aliphatic rings. The molecule has 1 fully saturated rings. The van der Waals surface area contributed by atoms with E-state index in [1.54, 1.807) is 35.9 Å². The molecule has 1 aromatic heterocycles. The van der Waals surface area contributed by atoms with Crippen LogP contribution in [0, 0.1) is 12.8 Å². The predicted octanol–water partition coefficient (Wildman–Crippen LogP) is 1.96. The van der Waals surface area contributed by atoms with Crippen molar-refractivity contribution in [3.63, 3.8) is 0 Å². The number of carbonyl (C=O) groups is 1. The molecule has 2 aromatic rings. The van der Waals surface area contributed by atoms with Gasteiger partial charge in [0.2, 0.25) is 5.43 Å². The zero-order chi connectivity index (χ0) is 17.1. The Labute approximate surface area is 144 Å². The minimum atomic E-state index is -0.463. The molecule has 0 aliphatic carbocycles. The number of carbonyl (C=O) groups excluding carboxylic acids is 1. The average Bonchev–Trinajstić information content (AvgIpc) is 3.07. The number of benzene rings is 1. The van der Waals surface area contributed by atoms with E-state index in [1.165, 1.54) is 6.07 Å². The first kappa shape index (κ1) is 16.7. The third kappa shape index (κ3) is 3.66. The molecule has 126 valence electrons. The maximum atomic E-state index is 12.3. The molecule has 3 rings (SSSR count). The number of hydrogen-bond donors (Lipinski definition) is 1. The molecule has 0 bridgehead atoms. The van der Waals surface area contributed by atoms with Crippen molar-refractivity contribution in [2.24, 2.45) is 5.92 Å². The van der Waals surface area contributed by atoms with Crippen molar-refractivity contribution in [1.29, 1.82) is 0 Å². The van der Waals surface area contributed by atoms with Crippen molar-refractivity contribution in [2.45, 2.75) is 13.3 Å². The van der Waals surface area contributed by atoms with Crippen LogP contribution in [0.1, 0.15) is 22.6 Å². The summed E-state index contributed by atoms with van der Waals surface area (Å²) in [5, 5.41) is 7.61. The zero-order valence-electron chi connectivity index (χ0n) is 13.3. The Morgan fingerprint density at radius 2 is 2.17 bits per heavy atom. The molecule has 1 amide bonds. The lowest BCUT2D eigenvalue weighted by Crippen LogP contribution is -2.35. The molecule has 1 aromatic carbocycles. The summed E-state index contributed by atoms with van der Waals surface area (Å²) >= 11 is 5.90. The van der Waals surface area contributed by atoms with Gasteiger partial charge in [0.1, 0.15) is 0 Å². The van der Waals surface area contributed by atoms with E-state index in [2.05, 4.69) is 10.4 Å². The van der Waals surface area contributed by atoms with Gasteiger partial charge in [-0.15, -0.1) is 0 Å². The Bertz CT molecular complexity index is 796. The van der Waals surface area contributed by atoms with Crippen molar-refractivity contribution in [3.8, 4) is 5.69 Å². The quantitative estimate of drug-likeness (QED) is 0.917. The lowest BCUT2D eigenvalue weighted by molar-refractivity contribution is 0.0937. The molecule has 24 heavy (non-hydrogen) atoms. The maximum Gasteiger partial charge on any atom is 0.275 e. The monoisotopic (exact) mass is 347 g/mol. The first-order chi connectivity index (χ1) is 11.5. The van der Waals surface area contributed by atoms with E-state index in [0.717, 1.165) is 12.1 Å². The van der Waals surface area contributed by atoms with Gasteiger partial charge in [0.25, 0.3) is 5.91 Å². The highest BCUT2D eigenvalue weighted by molar-refractivity contribution is 6.30. The fraction of sp³-hybridized carbons (Fsp3) is 0.353. The first-order valence-corrected chi connectivity index (χ1v) is 8.15. The summed E-state index contributed by atoms with van der Waals surface area (Å²) in [4.78, 5) is 24.5. The SMILES string of the molecule is Cc1cc(=O)c(C(=O)NC[C@@H]2CCOC2)nn1-c1ccc(Cl)cc1. The molecule has 1 aliphatic heterocycles. The molecule has 0 unspecified atom stereocenters. The van der Waals surface area contributed by atoms with Crippen LogP contribution in [0.15, 0.2) is 35.1 Å². The third-order valence-electron chi connectivity index (χ3n) is 3.97. The highest BCUT2D eigenvalue weighted by Gasteiger charge is 2.19. The van der Waals surface area contributed by atoms with Gasteiger partial charge in [-0.1, -0.05) is 11.6 Å². The number of hydrogen-bond acceptors (Lipinski definition) is 4. The lowest BCUT2D eigenvalue weighted by Gasteiger charge is -2.12. The highest BCUT2D eigenvalue weighted by atomic mass is 35.5. The van der Waals surface area contributed by atoms with Crippen LogP contribution in [-0.4, -0.2) is 35.4 Å². The number of nitrogens with one attached hydrogen (secondary N) is 1. The zero-order valence-corrected chi connectivity index (χ0v) is 14.0. The fourth-order valence-corrected chi connectivity index (χ4v) is 2.74. The van der Waals surface area contributed by atoms with E-state index < -0.39 is 11.3 Å². The Balaban J connectivity index is 1.84. The van der Waals surface area contributed by atoms with Crippen LogP contribution in [-0.2, 0) is 4.74 Å². The van der Waals surface area contributed by atoms with Gasteiger partial charge in [-0.2, -0.15) is 5.10 Å². The number of aryl methyl sites for hydroxylation is 1. The Morgan fingerprint density at radius 3 is 2.83 bits per heavy atom. The fourth-order valence-electron chi connectivity index (χ4n) is 2.61. The minimum absolute atomic E-state index is 0.116. The van der Waals surface area contributed by atoms with Crippen LogP contribution < -0.4 is 10.7 Å². The summed E-state index contributed by atoms with van der Waals surface area (Å²) in [7, 11) is 0. The Kier molecular flexibility index (Phi) is 4.97. The van der Waals surface area contributed by atoms with Crippen molar-refractivity contribution in [3.05, 3.63) is 57.0 Å². The predicted molar refractivity (Wildman–Crippen MR) is 90.8 cm³/mol. The number of amides is 1.